The molecule has 0 saturated heterocycles. The Morgan fingerprint density at radius 2 is 2.05 bits per heavy atom. The largest absolute Gasteiger partial charge is 0.271 e. The molecule has 0 atom stereocenters. The highest BCUT2D eigenvalue weighted by molar-refractivity contribution is 5.95. The minimum Gasteiger partial charge on any atom is -0.267 e. The van der Waals surface area contributed by atoms with Crippen molar-refractivity contribution in [3.05, 3.63) is 70.0 Å². The molecular weight excluding hydrogens is 260 g/mol. The lowest BCUT2D eigenvalue weighted by atomic mass is 10.2. The summed E-state index contributed by atoms with van der Waals surface area (Å²) < 4.78 is 0. The van der Waals surface area contributed by atoms with Crippen molar-refractivity contribution in [2.75, 3.05) is 0 Å². The van der Waals surface area contributed by atoms with Crippen LogP contribution in [-0.4, -0.2) is 22.0 Å². The van der Waals surface area contributed by atoms with Crippen LogP contribution in [0.4, 0.5) is 5.69 Å². The van der Waals surface area contributed by atoms with Gasteiger partial charge in [0.05, 0.1) is 11.1 Å². The van der Waals surface area contributed by atoms with Crippen LogP contribution in [0.1, 0.15) is 15.9 Å². The SMILES string of the molecule is O=C(NN=Cc1cccnc1)c1ccc([N+](=O)[O-])cc1. The van der Waals surface area contributed by atoms with E-state index in [-0.39, 0.29) is 5.69 Å². The van der Waals surface area contributed by atoms with Gasteiger partial charge in [-0.1, -0.05) is 6.07 Å². The number of carbonyl (C=O) groups is 1. The predicted octanol–water partition coefficient (Wildman–Crippen LogP) is 1.75. The van der Waals surface area contributed by atoms with Gasteiger partial charge in [0.2, 0.25) is 0 Å². The van der Waals surface area contributed by atoms with Crippen LogP contribution in [0.3, 0.4) is 0 Å². The molecule has 2 aromatic rings. The van der Waals surface area contributed by atoms with Crippen molar-refractivity contribution in [1.82, 2.24) is 10.4 Å². The number of pyridine rings is 1. The number of nitrogens with one attached hydrogen (secondary N) is 1. The third-order valence-corrected chi connectivity index (χ3v) is 2.40. The minimum absolute atomic E-state index is 0.0691. The van der Waals surface area contributed by atoms with E-state index < -0.39 is 10.8 Å². The van der Waals surface area contributed by atoms with Crippen molar-refractivity contribution in [3.63, 3.8) is 0 Å². The molecule has 0 unspecified atom stereocenters. The first-order chi connectivity index (χ1) is 9.66. The molecule has 0 spiro atoms. The molecule has 1 N–H and O–H groups in total. The van der Waals surface area contributed by atoms with Gasteiger partial charge in [0.15, 0.2) is 0 Å². The number of benzene rings is 1. The van der Waals surface area contributed by atoms with Gasteiger partial charge in [-0.25, -0.2) is 5.43 Å². The summed E-state index contributed by atoms with van der Waals surface area (Å²) in [6, 6.07) is 8.80. The van der Waals surface area contributed by atoms with Crippen LogP contribution in [0.15, 0.2) is 53.9 Å². The lowest BCUT2D eigenvalue weighted by Gasteiger charge is -1.99. The number of rotatable bonds is 4. The summed E-state index contributed by atoms with van der Waals surface area (Å²) in [7, 11) is 0. The molecular formula is C13H10N4O3. The van der Waals surface area contributed by atoms with Crippen molar-refractivity contribution in [2.45, 2.75) is 0 Å². The van der Waals surface area contributed by atoms with Crippen molar-refractivity contribution >= 4 is 17.8 Å². The molecule has 0 radical (unpaired) electrons. The molecule has 1 heterocycles. The Morgan fingerprint density at radius 3 is 2.65 bits per heavy atom. The number of nitrogens with zero attached hydrogens (tertiary/aromatic N) is 3. The van der Waals surface area contributed by atoms with Gasteiger partial charge in [0.1, 0.15) is 0 Å². The lowest BCUT2D eigenvalue weighted by Crippen LogP contribution is -2.17. The van der Waals surface area contributed by atoms with Crippen molar-refractivity contribution in [1.29, 1.82) is 0 Å². The Balaban J connectivity index is 1.98. The maximum Gasteiger partial charge on any atom is 0.271 e. The van der Waals surface area contributed by atoms with Gasteiger partial charge in [-0.05, 0) is 18.2 Å². The molecule has 0 fully saturated rings. The second-order valence-corrected chi connectivity index (χ2v) is 3.79. The zero-order chi connectivity index (χ0) is 14.4. The highest BCUT2D eigenvalue weighted by Crippen LogP contribution is 2.11. The molecule has 20 heavy (non-hydrogen) atoms. The van der Waals surface area contributed by atoms with Gasteiger partial charge in [-0.15, -0.1) is 0 Å². The van der Waals surface area contributed by atoms with Gasteiger partial charge in [-0.3, -0.25) is 19.9 Å². The van der Waals surface area contributed by atoms with Crippen LogP contribution >= 0.6 is 0 Å². The van der Waals surface area contributed by atoms with Crippen LogP contribution < -0.4 is 5.43 Å². The highest BCUT2D eigenvalue weighted by atomic mass is 16.6. The summed E-state index contributed by atoms with van der Waals surface area (Å²) in [4.78, 5) is 25.6. The molecule has 1 aromatic heterocycles. The van der Waals surface area contributed by atoms with Gasteiger partial charge < -0.3 is 0 Å². The number of hydrogen-bond donors (Lipinski definition) is 1. The summed E-state index contributed by atoms with van der Waals surface area (Å²) >= 11 is 0. The third-order valence-electron chi connectivity index (χ3n) is 2.40. The second kappa shape index (κ2) is 6.19. The molecule has 1 amide bonds. The van der Waals surface area contributed by atoms with Crippen molar-refractivity contribution in [2.24, 2.45) is 5.10 Å². The maximum absolute atomic E-state index is 11.7. The number of hydrazone groups is 1. The first-order valence-corrected chi connectivity index (χ1v) is 5.65. The van der Waals surface area contributed by atoms with Crippen LogP contribution in [0.5, 0.6) is 0 Å². The summed E-state index contributed by atoms with van der Waals surface area (Å²) in [5.41, 5.74) is 3.30. The van der Waals surface area contributed by atoms with Gasteiger partial charge in [0, 0.05) is 35.7 Å². The first-order valence-electron chi connectivity index (χ1n) is 5.65. The van der Waals surface area contributed by atoms with Gasteiger partial charge in [0.25, 0.3) is 11.6 Å². The van der Waals surface area contributed by atoms with E-state index in [1.54, 1.807) is 24.5 Å². The summed E-state index contributed by atoms with van der Waals surface area (Å²) in [5, 5.41) is 14.3. The third kappa shape index (κ3) is 3.45. The van der Waals surface area contributed by atoms with E-state index in [1.807, 2.05) is 0 Å². The monoisotopic (exact) mass is 270 g/mol. The molecule has 0 aliphatic heterocycles. The van der Waals surface area contributed by atoms with Gasteiger partial charge >= 0.3 is 0 Å². The van der Waals surface area contributed by atoms with Crippen LogP contribution in [0.25, 0.3) is 0 Å². The Labute approximate surface area is 114 Å². The Kier molecular flexibility index (Phi) is 4.13. The van der Waals surface area contributed by atoms with E-state index >= 15 is 0 Å². The van der Waals surface area contributed by atoms with E-state index in [0.717, 1.165) is 5.56 Å². The zero-order valence-electron chi connectivity index (χ0n) is 10.3. The molecule has 0 aliphatic rings. The average molecular weight is 270 g/mol. The molecule has 7 heteroatoms. The number of hydrogen-bond acceptors (Lipinski definition) is 5. The smallest absolute Gasteiger partial charge is 0.267 e. The quantitative estimate of drug-likeness (QED) is 0.520. The average Bonchev–Trinajstić information content (AvgIpc) is 2.48. The number of aromatic nitrogens is 1. The van der Waals surface area contributed by atoms with E-state index in [4.69, 9.17) is 0 Å². The molecule has 2 rings (SSSR count). The van der Waals surface area contributed by atoms with E-state index in [0.29, 0.717) is 5.56 Å². The lowest BCUT2D eigenvalue weighted by molar-refractivity contribution is -0.384. The summed E-state index contributed by atoms with van der Waals surface area (Å²) in [6.45, 7) is 0. The van der Waals surface area contributed by atoms with E-state index in [9.17, 15) is 14.9 Å². The molecule has 100 valence electrons. The predicted molar refractivity (Wildman–Crippen MR) is 72.4 cm³/mol. The normalized spacial score (nSPS) is 10.4. The van der Waals surface area contributed by atoms with Crippen molar-refractivity contribution < 1.29 is 9.72 Å². The molecule has 7 nitrogen and oxygen atoms in total. The number of nitro benzene ring substituents is 1. The van der Waals surface area contributed by atoms with Crippen molar-refractivity contribution in [3.8, 4) is 0 Å². The minimum atomic E-state index is -0.526. The van der Waals surface area contributed by atoms with Crippen LogP contribution in [0.2, 0.25) is 0 Å². The first kappa shape index (κ1) is 13.3. The summed E-state index contributed by atoms with van der Waals surface area (Å²) in [5.74, 6) is -0.444. The topological polar surface area (TPSA) is 97.5 Å². The molecule has 0 aliphatic carbocycles. The number of amides is 1. The van der Waals surface area contributed by atoms with E-state index in [2.05, 4.69) is 15.5 Å². The Bertz CT molecular complexity index is 638. The second-order valence-electron chi connectivity index (χ2n) is 3.79. The van der Waals surface area contributed by atoms with E-state index in [1.165, 1.54) is 30.5 Å². The summed E-state index contributed by atoms with van der Waals surface area (Å²) in [6.07, 6.45) is 4.69. The highest BCUT2D eigenvalue weighted by Gasteiger charge is 2.08. The zero-order valence-corrected chi connectivity index (χ0v) is 10.3. The van der Waals surface area contributed by atoms with Gasteiger partial charge in [-0.2, -0.15) is 5.10 Å². The molecule has 1 aromatic carbocycles. The maximum atomic E-state index is 11.7. The number of nitro groups is 1. The Morgan fingerprint density at radius 1 is 1.30 bits per heavy atom. The number of carbonyl (C=O) groups excluding carboxylic acids is 1. The molecule has 0 bridgehead atoms. The fourth-order valence-electron chi connectivity index (χ4n) is 1.42. The standard InChI is InChI=1S/C13H10N4O3/c18-13(11-3-5-12(6-4-11)17(19)20)16-15-9-10-2-1-7-14-8-10/h1-9H,(H,16,18). The number of non-ortho nitro benzene ring substituents is 1. The van der Waals surface area contributed by atoms with Crippen LogP contribution in [-0.2, 0) is 0 Å². The fraction of sp³-hybridized carbons (Fsp3) is 0. The molecule has 0 saturated carbocycles. The van der Waals surface area contributed by atoms with Crippen LogP contribution in [0, 0.1) is 10.1 Å². The Hall–Kier alpha value is -3.09. The fourth-order valence-corrected chi connectivity index (χ4v) is 1.42.